The van der Waals surface area contributed by atoms with Gasteiger partial charge in [0.2, 0.25) is 0 Å². The van der Waals surface area contributed by atoms with Crippen LogP contribution in [0, 0.1) is 6.92 Å². The molecule has 1 atom stereocenters. The topological polar surface area (TPSA) is 111 Å². The first kappa shape index (κ1) is 23.3. The van der Waals surface area contributed by atoms with Gasteiger partial charge >= 0.3 is 12.1 Å². The van der Waals surface area contributed by atoms with Crippen molar-refractivity contribution in [3.8, 4) is 0 Å². The minimum Gasteiger partial charge on any atom is -0.444 e. The third kappa shape index (κ3) is 8.63. The summed E-state index contributed by atoms with van der Waals surface area (Å²) in [5.41, 5.74) is 0.162. The smallest absolute Gasteiger partial charge is 0.408 e. The maximum absolute atomic E-state index is 12.3. The van der Waals surface area contributed by atoms with Gasteiger partial charge in [-0.1, -0.05) is 17.7 Å². The molecule has 0 saturated carbocycles. The molecule has 0 fully saturated rings. The molecule has 27 heavy (non-hydrogen) atoms. The summed E-state index contributed by atoms with van der Waals surface area (Å²) >= 11 is 1.47. The van der Waals surface area contributed by atoms with Gasteiger partial charge in [0.1, 0.15) is 11.6 Å². The number of hydrogen-bond donors (Lipinski definition) is 2. The standard InChI is InChI=1S/C17H26N2O6S2/c1-12-6-8-13(9-7-12)27(22,23)19-25-15(20)14(10-11-26-5)18-16(21)24-17(2,3)4/h6-9,14,19H,10-11H2,1-5H3,(H,18,21)/t14-/m0/s1. The van der Waals surface area contributed by atoms with Gasteiger partial charge in [0.15, 0.2) is 0 Å². The first-order valence-electron chi connectivity index (χ1n) is 8.22. The van der Waals surface area contributed by atoms with Crippen LogP contribution >= 0.6 is 11.8 Å². The van der Waals surface area contributed by atoms with Crippen LogP contribution < -0.4 is 10.2 Å². The van der Waals surface area contributed by atoms with Crippen LogP contribution in [-0.4, -0.2) is 44.1 Å². The van der Waals surface area contributed by atoms with Crippen molar-refractivity contribution in [2.45, 2.75) is 50.7 Å². The van der Waals surface area contributed by atoms with Gasteiger partial charge in [-0.2, -0.15) is 11.8 Å². The third-order valence-corrected chi connectivity index (χ3v) is 5.01. The van der Waals surface area contributed by atoms with Crippen molar-refractivity contribution in [3.63, 3.8) is 0 Å². The summed E-state index contributed by atoms with van der Waals surface area (Å²) in [6.07, 6.45) is 1.31. The van der Waals surface area contributed by atoms with Crippen molar-refractivity contribution < 1.29 is 27.6 Å². The number of hydrogen-bond acceptors (Lipinski definition) is 7. The highest BCUT2D eigenvalue weighted by Gasteiger charge is 2.27. The number of thioether (sulfide) groups is 1. The van der Waals surface area contributed by atoms with Crippen LogP contribution in [0.15, 0.2) is 29.2 Å². The molecule has 0 aliphatic rings. The monoisotopic (exact) mass is 418 g/mol. The van der Waals surface area contributed by atoms with E-state index in [1.54, 1.807) is 37.8 Å². The van der Waals surface area contributed by atoms with E-state index in [1.165, 1.54) is 23.9 Å². The van der Waals surface area contributed by atoms with Crippen LogP contribution in [0.3, 0.4) is 0 Å². The van der Waals surface area contributed by atoms with E-state index < -0.39 is 33.7 Å². The average molecular weight is 419 g/mol. The molecule has 1 amide bonds. The van der Waals surface area contributed by atoms with E-state index >= 15 is 0 Å². The lowest BCUT2D eigenvalue weighted by atomic mass is 10.2. The maximum Gasteiger partial charge on any atom is 0.408 e. The summed E-state index contributed by atoms with van der Waals surface area (Å²) in [4.78, 5) is 30.6. The molecule has 0 spiro atoms. The first-order valence-corrected chi connectivity index (χ1v) is 11.1. The lowest BCUT2D eigenvalue weighted by Gasteiger charge is -2.22. The van der Waals surface area contributed by atoms with Crippen LogP contribution in [-0.2, 0) is 24.4 Å². The van der Waals surface area contributed by atoms with E-state index in [2.05, 4.69) is 5.32 Å². The molecular formula is C17H26N2O6S2. The molecule has 0 aliphatic heterocycles. The SMILES string of the molecule is CSCC[C@H](NC(=O)OC(C)(C)C)C(=O)ONS(=O)(=O)c1ccc(C)cc1. The number of aryl methyl sites for hydroxylation is 1. The van der Waals surface area contributed by atoms with Gasteiger partial charge in [0, 0.05) is 0 Å². The van der Waals surface area contributed by atoms with Crippen LogP contribution in [0.1, 0.15) is 32.8 Å². The van der Waals surface area contributed by atoms with Crippen molar-refractivity contribution in [1.29, 1.82) is 0 Å². The Labute approximate surface area is 164 Å². The van der Waals surface area contributed by atoms with Gasteiger partial charge in [0.25, 0.3) is 10.0 Å². The lowest BCUT2D eigenvalue weighted by Crippen LogP contribution is -2.46. The zero-order chi connectivity index (χ0) is 20.7. The Hall–Kier alpha value is -1.78. The van der Waals surface area contributed by atoms with Gasteiger partial charge in [-0.05, 0) is 63.1 Å². The minimum atomic E-state index is -4.03. The highest BCUT2D eigenvalue weighted by atomic mass is 32.2. The van der Waals surface area contributed by atoms with E-state index in [0.29, 0.717) is 5.75 Å². The second-order valence-electron chi connectivity index (χ2n) is 6.80. The molecule has 2 N–H and O–H groups in total. The largest absolute Gasteiger partial charge is 0.444 e. The van der Waals surface area contributed by atoms with Crippen molar-refractivity contribution in [2.75, 3.05) is 12.0 Å². The van der Waals surface area contributed by atoms with E-state index in [1.807, 2.05) is 13.2 Å². The average Bonchev–Trinajstić information content (AvgIpc) is 2.55. The van der Waals surface area contributed by atoms with Gasteiger partial charge in [-0.25, -0.2) is 18.0 Å². The third-order valence-electron chi connectivity index (χ3n) is 3.17. The van der Waals surface area contributed by atoms with Gasteiger partial charge in [-0.3, -0.25) is 0 Å². The minimum absolute atomic E-state index is 0.0401. The van der Waals surface area contributed by atoms with Crippen molar-refractivity contribution in [3.05, 3.63) is 29.8 Å². The fraction of sp³-hybridized carbons (Fsp3) is 0.529. The summed E-state index contributed by atoms with van der Waals surface area (Å²) in [6.45, 7) is 6.90. The Bertz CT molecular complexity index is 742. The number of benzene rings is 1. The van der Waals surface area contributed by atoms with Crippen molar-refractivity contribution >= 4 is 33.8 Å². The van der Waals surface area contributed by atoms with Gasteiger partial charge in [-0.15, -0.1) is 0 Å². The molecule has 1 aromatic rings. The predicted octanol–water partition coefficient (Wildman–Crippen LogP) is 2.38. The summed E-state index contributed by atoms with van der Waals surface area (Å²) in [6, 6.07) is 5.00. The number of alkyl carbamates (subject to hydrolysis) is 1. The molecule has 0 aromatic heterocycles. The molecule has 0 bridgehead atoms. The number of carbonyl (C=O) groups is 2. The number of rotatable bonds is 8. The zero-order valence-corrected chi connectivity index (χ0v) is 17.7. The molecule has 0 radical (unpaired) electrons. The number of carbonyl (C=O) groups excluding carboxylic acids is 2. The summed E-state index contributed by atoms with van der Waals surface area (Å²) < 4.78 is 29.5. The lowest BCUT2D eigenvalue weighted by molar-refractivity contribution is -0.149. The zero-order valence-electron chi connectivity index (χ0n) is 16.1. The van der Waals surface area contributed by atoms with E-state index in [-0.39, 0.29) is 11.3 Å². The van der Waals surface area contributed by atoms with Crippen molar-refractivity contribution in [2.24, 2.45) is 0 Å². The highest BCUT2D eigenvalue weighted by Crippen LogP contribution is 2.11. The molecule has 8 nitrogen and oxygen atoms in total. The molecule has 10 heteroatoms. The van der Waals surface area contributed by atoms with Crippen LogP contribution in [0.2, 0.25) is 0 Å². The maximum atomic E-state index is 12.3. The van der Waals surface area contributed by atoms with Crippen molar-refractivity contribution in [1.82, 2.24) is 10.2 Å². The molecule has 1 rings (SSSR count). The van der Waals surface area contributed by atoms with Gasteiger partial charge in [0.05, 0.1) is 4.90 Å². The molecular weight excluding hydrogens is 392 g/mol. The molecule has 0 aliphatic carbocycles. The number of sulfonamides is 1. The Balaban J connectivity index is 2.75. The first-order chi connectivity index (χ1) is 12.4. The molecule has 0 saturated heterocycles. The van der Waals surface area contributed by atoms with Crippen LogP contribution in [0.4, 0.5) is 4.79 Å². The van der Waals surface area contributed by atoms with E-state index in [4.69, 9.17) is 9.57 Å². The fourth-order valence-corrected chi connectivity index (χ4v) is 3.12. The summed E-state index contributed by atoms with van der Waals surface area (Å²) in [5, 5.41) is 2.41. The summed E-state index contributed by atoms with van der Waals surface area (Å²) in [7, 11) is -4.03. The number of ether oxygens (including phenoxy) is 1. The Morgan fingerprint density at radius 2 is 1.78 bits per heavy atom. The Kier molecular flexibility index (Phi) is 8.58. The second-order valence-corrected chi connectivity index (χ2v) is 9.43. The Morgan fingerprint density at radius 3 is 2.30 bits per heavy atom. The molecule has 0 heterocycles. The molecule has 1 aromatic carbocycles. The molecule has 152 valence electrons. The normalized spacial score (nSPS) is 12.9. The quantitative estimate of drug-likeness (QED) is 0.624. The highest BCUT2D eigenvalue weighted by molar-refractivity contribution is 7.98. The van der Waals surface area contributed by atoms with Gasteiger partial charge < -0.3 is 14.9 Å². The second kappa shape index (κ2) is 9.95. The Morgan fingerprint density at radius 1 is 1.19 bits per heavy atom. The number of nitrogens with one attached hydrogen (secondary N) is 2. The van der Waals surface area contributed by atoms with Crippen LogP contribution in [0.25, 0.3) is 0 Å². The summed E-state index contributed by atoms with van der Waals surface area (Å²) in [5.74, 6) is -0.370. The predicted molar refractivity (Wildman–Crippen MR) is 104 cm³/mol. The fourth-order valence-electron chi connectivity index (χ4n) is 1.87. The van der Waals surface area contributed by atoms with Crippen LogP contribution in [0.5, 0.6) is 0 Å². The van der Waals surface area contributed by atoms with E-state index in [9.17, 15) is 18.0 Å². The number of amides is 1. The molecule has 0 unspecified atom stereocenters. The van der Waals surface area contributed by atoms with E-state index in [0.717, 1.165) is 5.56 Å².